The van der Waals surface area contributed by atoms with Crippen molar-refractivity contribution < 1.29 is 19.4 Å². The first-order valence-corrected chi connectivity index (χ1v) is 8.34. The van der Waals surface area contributed by atoms with Crippen LogP contribution in [0.25, 0.3) is 0 Å². The SMILES string of the molecule is CC(=O)N1c2ccc(C(=O)O)cc2[C@H](Oc2ccc(Cl)cc2)C[C@@H]1C. The summed E-state index contributed by atoms with van der Waals surface area (Å²) in [4.78, 5) is 25.1. The van der Waals surface area contributed by atoms with Crippen LogP contribution < -0.4 is 9.64 Å². The van der Waals surface area contributed by atoms with Crippen molar-refractivity contribution in [3.05, 3.63) is 58.6 Å². The summed E-state index contributed by atoms with van der Waals surface area (Å²) in [6, 6.07) is 11.7. The molecule has 0 spiro atoms. The third-order valence-corrected chi connectivity index (χ3v) is 4.56. The molecule has 2 aromatic rings. The maximum Gasteiger partial charge on any atom is 0.335 e. The van der Waals surface area contributed by atoms with Gasteiger partial charge < -0.3 is 14.7 Å². The lowest BCUT2D eigenvalue weighted by Gasteiger charge is -2.39. The molecule has 25 heavy (non-hydrogen) atoms. The molecule has 1 amide bonds. The van der Waals surface area contributed by atoms with Gasteiger partial charge in [-0.2, -0.15) is 0 Å². The van der Waals surface area contributed by atoms with Crippen LogP contribution >= 0.6 is 11.6 Å². The average Bonchev–Trinajstić information content (AvgIpc) is 2.56. The molecule has 0 saturated carbocycles. The van der Waals surface area contributed by atoms with Crippen LogP contribution in [0.4, 0.5) is 5.69 Å². The summed E-state index contributed by atoms with van der Waals surface area (Å²) in [5.41, 5.74) is 1.56. The molecule has 0 aliphatic carbocycles. The predicted molar refractivity (Wildman–Crippen MR) is 95.5 cm³/mol. The first-order valence-electron chi connectivity index (χ1n) is 7.96. The summed E-state index contributed by atoms with van der Waals surface area (Å²) in [6.45, 7) is 3.46. The molecule has 0 fully saturated rings. The number of aromatic carboxylic acids is 1. The number of fused-ring (bicyclic) bond motifs is 1. The number of carboxylic acid groups (broad SMARTS) is 1. The molecule has 1 aliphatic rings. The topological polar surface area (TPSA) is 66.8 Å². The molecule has 2 aromatic carbocycles. The van der Waals surface area contributed by atoms with E-state index in [2.05, 4.69) is 0 Å². The largest absolute Gasteiger partial charge is 0.486 e. The smallest absolute Gasteiger partial charge is 0.335 e. The van der Waals surface area contributed by atoms with E-state index in [1.54, 1.807) is 41.3 Å². The lowest BCUT2D eigenvalue weighted by molar-refractivity contribution is -0.117. The number of carbonyl (C=O) groups is 2. The fraction of sp³-hybridized carbons (Fsp3) is 0.263. The van der Waals surface area contributed by atoms with Gasteiger partial charge in [-0.05, 0) is 49.4 Å². The quantitative estimate of drug-likeness (QED) is 0.887. The Kier molecular flexibility index (Phi) is 4.68. The molecule has 0 aromatic heterocycles. The van der Waals surface area contributed by atoms with E-state index in [0.717, 1.165) is 0 Å². The number of anilines is 1. The number of halogens is 1. The van der Waals surface area contributed by atoms with Crippen molar-refractivity contribution >= 4 is 29.2 Å². The van der Waals surface area contributed by atoms with E-state index in [1.165, 1.54) is 13.0 Å². The standard InChI is InChI=1S/C19H18ClNO4/c1-11-9-18(25-15-6-4-14(20)5-7-15)16-10-13(19(23)24)3-8-17(16)21(11)12(2)22/h3-8,10-11,18H,9H2,1-2H3,(H,23,24)/t11-,18+/m0/s1. The summed E-state index contributed by atoms with van der Waals surface area (Å²) in [5, 5.41) is 9.90. The second kappa shape index (κ2) is 6.76. The second-order valence-electron chi connectivity index (χ2n) is 6.11. The average molecular weight is 360 g/mol. The van der Waals surface area contributed by atoms with Crippen LogP contribution in [-0.2, 0) is 4.79 Å². The Hall–Kier alpha value is -2.53. The van der Waals surface area contributed by atoms with Gasteiger partial charge in [0.25, 0.3) is 0 Å². The molecule has 1 heterocycles. The number of benzene rings is 2. The molecular formula is C19H18ClNO4. The van der Waals surface area contributed by atoms with Crippen molar-refractivity contribution in [1.82, 2.24) is 0 Å². The molecule has 1 N–H and O–H groups in total. The second-order valence-corrected chi connectivity index (χ2v) is 6.55. The van der Waals surface area contributed by atoms with Crippen LogP contribution in [-0.4, -0.2) is 23.0 Å². The molecule has 2 atom stereocenters. The minimum absolute atomic E-state index is 0.0574. The Morgan fingerprint density at radius 1 is 1.20 bits per heavy atom. The number of carbonyl (C=O) groups excluding carboxylic acids is 1. The van der Waals surface area contributed by atoms with E-state index in [4.69, 9.17) is 16.3 Å². The zero-order chi connectivity index (χ0) is 18.1. The normalized spacial score (nSPS) is 19.2. The molecule has 5 nitrogen and oxygen atoms in total. The number of carboxylic acids is 1. The summed E-state index contributed by atoms with van der Waals surface area (Å²) in [6.07, 6.45) is 0.222. The number of ether oxygens (including phenoxy) is 1. The predicted octanol–water partition coefficient (Wildman–Crippen LogP) is 4.30. The van der Waals surface area contributed by atoms with Gasteiger partial charge in [0.05, 0.1) is 11.3 Å². The first-order chi connectivity index (χ1) is 11.9. The van der Waals surface area contributed by atoms with E-state index in [9.17, 15) is 14.7 Å². The van der Waals surface area contributed by atoms with Gasteiger partial charge in [0.1, 0.15) is 11.9 Å². The van der Waals surface area contributed by atoms with Crippen LogP contribution in [0.1, 0.15) is 42.3 Å². The van der Waals surface area contributed by atoms with Gasteiger partial charge in [0, 0.05) is 30.0 Å². The molecule has 6 heteroatoms. The van der Waals surface area contributed by atoms with Crippen LogP contribution in [0.15, 0.2) is 42.5 Å². The highest BCUT2D eigenvalue weighted by molar-refractivity contribution is 6.30. The van der Waals surface area contributed by atoms with Crippen LogP contribution in [0, 0.1) is 0 Å². The van der Waals surface area contributed by atoms with Crippen molar-refractivity contribution in [3.63, 3.8) is 0 Å². The number of hydrogen-bond acceptors (Lipinski definition) is 3. The zero-order valence-electron chi connectivity index (χ0n) is 13.9. The van der Waals surface area contributed by atoms with E-state index >= 15 is 0 Å². The maximum absolute atomic E-state index is 12.0. The summed E-state index contributed by atoms with van der Waals surface area (Å²) < 4.78 is 6.08. The number of rotatable bonds is 3. The molecule has 1 aliphatic heterocycles. The Morgan fingerprint density at radius 3 is 2.48 bits per heavy atom. The number of amides is 1. The minimum atomic E-state index is -1.01. The third-order valence-electron chi connectivity index (χ3n) is 4.31. The summed E-state index contributed by atoms with van der Waals surface area (Å²) in [7, 11) is 0. The number of hydrogen-bond donors (Lipinski definition) is 1. The highest BCUT2D eigenvalue weighted by Gasteiger charge is 2.34. The minimum Gasteiger partial charge on any atom is -0.486 e. The summed E-state index contributed by atoms with van der Waals surface area (Å²) >= 11 is 5.90. The monoisotopic (exact) mass is 359 g/mol. The van der Waals surface area contributed by atoms with Crippen LogP contribution in [0.2, 0.25) is 5.02 Å². The molecule has 130 valence electrons. The van der Waals surface area contributed by atoms with Crippen molar-refractivity contribution in [3.8, 4) is 5.75 Å². The van der Waals surface area contributed by atoms with Gasteiger partial charge in [-0.15, -0.1) is 0 Å². The highest BCUT2D eigenvalue weighted by Crippen LogP contribution is 2.40. The molecule has 0 saturated heterocycles. The fourth-order valence-electron chi connectivity index (χ4n) is 3.21. The molecular weight excluding hydrogens is 342 g/mol. The van der Waals surface area contributed by atoms with E-state index < -0.39 is 5.97 Å². The zero-order valence-corrected chi connectivity index (χ0v) is 14.7. The molecule has 0 bridgehead atoms. The van der Waals surface area contributed by atoms with Crippen LogP contribution in [0.5, 0.6) is 5.75 Å². The van der Waals surface area contributed by atoms with Crippen LogP contribution in [0.3, 0.4) is 0 Å². The lowest BCUT2D eigenvalue weighted by atomic mass is 9.92. The van der Waals surface area contributed by atoms with Gasteiger partial charge in [-0.3, -0.25) is 4.79 Å². The Morgan fingerprint density at radius 2 is 1.88 bits per heavy atom. The lowest BCUT2D eigenvalue weighted by Crippen LogP contribution is -2.43. The maximum atomic E-state index is 12.0. The van der Waals surface area contributed by atoms with Crippen molar-refractivity contribution in [2.24, 2.45) is 0 Å². The van der Waals surface area contributed by atoms with E-state index in [1.807, 2.05) is 6.92 Å². The first kappa shape index (κ1) is 17.3. The third kappa shape index (κ3) is 3.46. The van der Waals surface area contributed by atoms with Crippen molar-refractivity contribution in [2.45, 2.75) is 32.4 Å². The highest BCUT2D eigenvalue weighted by atomic mass is 35.5. The Labute approximate surface area is 150 Å². The van der Waals surface area contributed by atoms with Crippen molar-refractivity contribution in [1.29, 1.82) is 0 Å². The fourth-order valence-corrected chi connectivity index (χ4v) is 3.34. The summed E-state index contributed by atoms with van der Waals surface area (Å²) in [5.74, 6) is -0.452. The molecule has 3 rings (SSSR count). The van der Waals surface area contributed by atoms with Gasteiger partial charge >= 0.3 is 5.97 Å². The van der Waals surface area contributed by atoms with E-state index in [-0.39, 0.29) is 23.6 Å². The van der Waals surface area contributed by atoms with Gasteiger partial charge in [0.2, 0.25) is 5.91 Å². The van der Waals surface area contributed by atoms with E-state index in [0.29, 0.717) is 28.4 Å². The van der Waals surface area contributed by atoms with Gasteiger partial charge in [0.15, 0.2) is 0 Å². The Bertz CT molecular complexity index is 819. The molecule has 0 unspecified atom stereocenters. The van der Waals surface area contributed by atoms with Gasteiger partial charge in [-0.25, -0.2) is 4.79 Å². The van der Waals surface area contributed by atoms with Gasteiger partial charge in [-0.1, -0.05) is 11.6 Å². The number of nitrogens with zero attached hydrogens (tertiary/aromatic N) is 1. The molecule has 0 radical (unpaired) electrons. The Balaban J connectivity index is 2.03. The van der Waals surface area contributed by atoms with Crippen molar-refractivity contribution in [2.75, 3.05) is 4.90 Å².